The number of methoxy groups -OCH3 is 1. The standard InChI is InChI=1S/C12H12N2O2/c1-16-12(15)10-7-14(8-10)11-4-2-9(6-13)3-5-11/h2-5,10H,7-8H2,1H3. The Labute approximate surface area is 94.0 Å². The molecule has 0 atom stereocenters. The fraction of sp³-hybridized carbons (Fsp3) is 0.333. The maximum Gasteiger partial charge on any atom is 0.312 e. The Morgan fingerprint density at radius 2 is 2.06 bits per heavy atom. The van der Waals surface area contributed by atoms with Gasteiger partial charge in [0.2, 0.25) is 0 Å². The molecule has 1 aliphatic rings. The maximum absolute atomic E-state index is 11.2. The predicted octanol–water partition coefficient (Wildman–Crippen LogP) is 1.17. The van der Waals surface area contributed by atoms with E-state index in [-0.39, 0.29) is 11.9 Å². The van der Waals surface area contributed by atoms with Gasteiger partial charge in [-0.3, -0.25) is 4.79 Å². The first-order valence-electron chi connectivity index (χ1n) is 5.07. The molecule has 1 heterocycles. The van der Waals surface area contributed by atoms with Gasteiger partial charge in [-0.15, -0.1) is 0 Å². The molecule has 82 valence electrons. The van der Waals surface area contributed by atoms with E-state index in [2.05, 4.69) is 15.7 Å². The zero-order chi connectivity index (χ0) is 11.5. The summed E-state index contributed by atoms with van der Waals surface area (Å²) in [5.41, 5.74) is 1.69. The first kappa shape index (κ1) is 10.5. The summed E-state index contributed by atoms with van der Waals surface area (Å²) < 4.78 is 4.67. The van der Waals surface area contributed by atoms with Gasteiger partial charge in [-0.25, -0.2) is 0 Å². The lowest BCUT2D eigenvalue weighted by Gasteiger charge is -2.39. The van der Waals surface area contributed by atoms with Crippen LogP contribution in [0.5, 0.6) is 0 Å². The quantitative estimate of drug-likeness (QED) is 0.696. The van der Waals surface area contributed by atoms with Crippen LogP contribution in [0.25, 0.3) is 0 Å². The zero-order valence-electron chi connectivity index (χ0n) is 9.01. The number of nitrogens with zero attached hydrogens (tertiary/aromatic N) is 2. The molecule has 4 nitrogen and oxygen atoms in total. The minimum atomic E-state index is -0.148. The molecule has 0 saturated carbocycles. The van der Waals surface area contributed by atoms with Gasteiger partial charge in [0.05, 0.1) is 24.7 Å². The summed E-state index contributed by atoms with van der Waals surface area (Å²) in [7, 11) is 1.41. The molecule has 1 fully saturated rings. The molecule has 1 aromatic rings. The van der Waals surface area contributed by atoms with E-state index in [0.29, 0.717) is 18.7 Å². The lowest BCUT2D eigenvalue weighted by molar-refractivity contribution is -0.146. The summed E-state index contributed by atoms with van der Waals surface area (Å²) in [6.45, 7) is 1.39. The first-order valence-corrected chi connectivity index (χ1v) is 5.07. The smallest absolute Gasteiger partial charge is 0.312 e. The van der Waals surface area contributed by atoms with E-state index in [1.54, 1.807) is 12.1 Å². The summed E-state index contributed by atoms with van der Waals surface area (Å²) in [4.78, 5) is 13.3. The Morgan fingerprint density at radius 1 is 1.44 bits per heavy atom. The number of benzene rings is 1. The normalized spacial score (nSPS) is 15.1. The van der Waals surface area contributed by atoms with Gasteiger partial charge in [0.15, 0.2) is 0 Å². The van der Waals surface area contributed by atoms with E-state index in [9.17, 15) is 4.79 Å². The first-order chi connectivity index (χ1) is 7.74. The van der Waals surface area contributed by atoms with E-state index in [1.807, 2.05) is 12.1 Å². The van der Waals surface area contributed by atoms with Crippen LogP contribution in [0, 0.1) is 17.2 Å². The van der Waals surface area contributed by atoms with Crippen molar-refractivity contribution >= 4 is 11.7 Å². The number of carbonyl (C=O) groups is 1. The van der Waals surface area contributed by atoms with Gasteiger partial charge in [0, 0.05) is 18.8 Å². The average molecular weight is 216 g/mol. The fourth-order valence-electron chi connectivity index (χ4n) is 1.75. The molecule has 4 heteroatoms. The molecular weight excluding hydrogens is 204 g/mol. The van der Waals surface area contributed by atoms with Gasteiger partial charge in [0.1, 0.15) is 0 Å². The number of esters is 1. The van der Waals surface area contributed by atoms with Crippen molar-refractivity contribution < 1.29 is 9.53 Å². The van der Waals surface area contributed by atoms with Gasteiger partial charge in [-0.2, -0.15) is 5.26 Å². The monoisotopic (exact) mass is 216 g/mol. The maximum atomic E-state index is 11.2. The average Bonchev–Trinajstić information content (AvgIpc) is 2.27. The number of hydrogen-bond donors (Lipinski definition) is 0. The molecule has 1 aliphatic heterocycles. The lowest BCUT2D eigenvalue weighted by atomic mass is 9.99. The van der Waals surface area contributed by atoms with Crippen molar-refractivity contribution in [2.75, 3.05) is 25.1 Å². The molecule has 0 bridgehead atoms. The summed E-state index contributed by atoms with van der Waals surface area (Å²) in [6.07, 6.45) is 0. The third kappa shape index (κ3) is 1.84. The summed E-state index contributed by atoms with van der Waals surface area (Å²) in [6, 6.07) is 9.42. The Kier molecular flexibility index (Phi) is 2.78. The number of rotatable bonds is 2. The van der Waals surface area contributed by atoms with Crippen LogP contribution < -0.4 is 4.90 Å². The van der Waals surface area contributed by atoms with Gasteiger partial charge in [0.25, 0.3) is 0 Å². The van der Waals surface area contributed by atoms with E-state index >= 15 is 0 Å². The molecule has 0 unspecified atom stereocenters. The van der Waals surface area contributed by atoms with E-state index < -0.39 is 0 Å². The number of nitriles is 1. The van der Waals surface area contributed by atoms with Crippen molar-refractivity contribution in [3.63, 3.8) is 0 Å². The van der Waals surface area contributed by atoms with Crippen LogP contribution in [-0.2, 0) is 9.53 Å². The third-order valence-corrected chi connectivity index (χ3v) is 2.78. The summed E-state index contributed by atoms with van der Waals surface area (Å²) >= 11 is 0. The molecule has 1 saturated heterocycles. The fourth-order valence-corrected chi connectivity index (χ4v) is 1.75. The highest BCUT2D eigenvalue weighted by Crippen LogP contribution is 2.25. The SMILES string of the molecule is COC(=O)C1CN(c2ccc(C#N)cc2)C1. The van der Waals surface area contributed by atoms with Crippen molar-refractivity contribution in [1.82, 2.24) is 0 Å². The number of hydrogen-bond acceptors (Lipinski definition) is 4. The van der Waals surface area contributed by atoms with Crippen LogP contribution in [0.4, 0.5) is 5.69 Å². The topological polar surface area (TPSA) is 53.3 Å². The minimum Gasteiger partial charge on any atom is -0.469 e. The van der Waals surface area contributed by atoms with E-state index in [0.717, 1.165) is 5.69 Å². The number of anilines is 1. The van der Waals surface area contributed by atoms with Gasteiger partial charge in [-0.1, -0.05) is 0 Å². The highest BCUT2D eigenvalue weighted by atomic mass is 16.5. The second-order valence-electron chi connectivity index (χ2n) is 3.78. The van der Waals surface area contributed by atoms with Crippen molar-refractivity contribution in [2.24, 2.45) is 5.92 Å². The molecule has 0 N–H and O–H groups in total. The Hall–Kier alpha value is -2.02. The van der Waals surface area contributed by atoms with Crippen LogP contribution in [0.3, 0.4) is 0 Å². The second-order valence-corrected chi connectivity index (χ2v) is 3.78. The molecular formula is C12H12N2O2. The van der Waals surface area contributed by atoms with Gasteiger partial charge in [-0.05, 0) is 24.3 Å². The van der Waals surface area contributed by atoms with Crippen LogP contribution in [0.2, 0.25) is 0 Å². The lowest BCUT2D eigenvalue weighted by Crippen LogP contribution is -2.50. The summed E-state index contributed by atoms with van der Waals surface area (Å²) in [5.74, 6) is -0.162. The van der Waals surface area contributed by atoms with Crippen LogP contribution >= 0.6 is 0 Å². The highest BCUT2D eigenvalue weighted by Gasteiger charge is 2.33. The third-order valence-electron chi connectivity index (χ3n) is 2.78. The summed E-state index contributed by atoms with van der Waals surface area (Å²) in [5, 5.41) is 8.66. The largest absolute Gasteiger partial charge is 0.469 e. The van der Waals surface area contributed by atoms with Crippen molar-refractivity contribution in [1.29, 1.82) is 5.26 Å². The molecule has 1 aromatic carbocycles. The molecule has 0 aromatic heterocycles. The van der Waals surface area contributed by atoms with Crippen LogP contribution in [0.15, 0.2) is 24.3 Å². The zero-order valence-corrected chi connectivity index (χ0v) is 9.01. The Morgan fingerprint density at radius 3 is 2.56 bits per heavy atom. The molecule has 0 radical (unpaired) electrons. The van der Waals surface area contributed by atoms with E-state index in [4.69, 9.17) is 5.26 Å². The van der Waals surface area contributed by atoms with Gasteiger partial charge >= 0.3 is 5.97 Å². The van der Waals surface area contributed by atoms with Crippen LogP contribution in [0.1, 0.15) is 5.56 Å². The van der Waals surface area contributed by atoms with E-state index in [1.165, 1.54) is 7.11 Å². The van der Waals surface area contributed by atoms with Gasteiger partial charge < -0.3 is 9.64 Å². The second kappa shape index (κ2) is 4.23. The Bertz CT molecular complexity index is 427. The molecule has 16 heavy (non-hydrogen) atoms. The van der Waals surface area contributed by atoms with Crippen molar-refractivity contribution in [3.05, 3.63) is 29.8 Å². The molecule has 2 rings (SSSR count). The highest BCUT2D eigenvalue weighted by molar-refractivity contribution is 5.76. The molecule has 0 amide bonds. The molecule has 0 spiro atoms. The van der Waals surface area contributed by atoms with Crippen molar-refractivity contribution in [2.45, 2.75) is 0 Å². The number of ether oxygens (including phenoxy) is 1. The van der Waals surface area contributed by atoms with Crippen LogP contribution in [-0.4, -0.2) is 26.2 Å². The number of carbonyl (C=O) groups excluding carboxylic acids is 1. The van der Waals surface area contributed by atoms with Crippen molar-refractivity contribution in [3.8, 4) is 6.07 Å². The Balaban J connectivity index is 1.97. The minimum absolute atomic E-state index is 0.0133. The predicted molar refractivity (Wildman–Crippen MR) is 58.9 cm³/mol. The molecule has 0 aliphatic carbocycles.